The molecule has 0 atom stereocenters. The molecular formula is C51H32OS. The third-order valence-electron chi connectivity index (χ3n) is 11.1. The van der Waals surface area contributed by atoms with Crippen molar-refractivity contribution in [3.63, 3.8) is 0 Å². The first-order valence-corrected chi connectivity index (χ1v) is 19.0. The van der Waals surface area contributed by atoms with E-state index in [-0.39, 0.29) is 0 Å². The molecule has 2 heterocycles. The second-order valence-electron chi connectivity index (χ2n) is 14.0. The second-order valence-corrected chi connectivity index (χ2v) is 15.1. The van der Waals surface area contributed by atoms with Crippen LogP contribution in [0, 0.1) is 6.92 Å². The molecule has 0 unspecified atom stereocenters. The molecule has 2 aromatic heterocycles. The topological polar surface area (TPSA) is 13.1 Å². The summed E-state index contributed by atoms with van der Waals surface area (Å²) in [5.74, 6) is 0. The van der Waals surface area contributed by atoms with Crippen molar-refractivity contribution in [1.29, 1.82) is 0 Å². The van der Waals surface area contributed by atoms with Crippen molar-refractivity contribution in [1.82, 2.24) is 0 Å². The Morgan fingerprint density at radius 3 is 1.38 bits per heavy atom. The highest BCUT2D eigenvalue weighted by Gasteiger charge is 2.22. The van der Waals surface area contributed by atoms with Crippen LogP contribution in [0.25, 0.3) is 108 Å². The van der Waals surface area contributed by atoms with Crippen molar-refractivity contribution in [2.24, 2.45) is 0 Å². The van der Waals surface area contributed by atoms with Crippen molar-refractivity contribution >= 4 is 74.6 Å². The van der Waals surface area contributed by atoms with Gasteiger partial charge in [-0.2, -0.15) is 0 Å². The fraction of sp³-hybridized carbons (Fsp3) is 0.0196. The number of benzene rings is 9. The quantitative estimate of drug-likeness (QED) is 0.167. The molecule has 0 bridgehead atoms. The summed E-state index contributed by atoms with van der Waals surface area (Å²) < 4.78 is 8.32. The van der Waals surface area contributed by atoms with Crippen LogP contribution in [-0.4, -0.2) is 0 Å². The number of thiophene rings is 1. The molecule has 0 N–H and O–H groups in total. The first kappa shape index (κ1) is 30.2. The van der Waals surface area contributed by atoms with Crippen LogP contribution in [0.1, 0.15) is 5.56 Å². The van der Waals surface area contributed by atoms with Crippen LogP contribution in [0.5, 0.6) is 0 Å². The molecule has 11 aromatic rings. The lowest BCUT2D eigenvalue weighted by atomic mass is 9.84. The van der Waals surface area contributed by atoms with Gasteiger partial charge in [-0.3, -0.25) is 0 Å². The summed E-state index contributed by atoms with van der Waals surface area (Å²) in [6.45, 7) is 2.13. The minimum atomic E-state index is 1.14. The zero-order valence-corrected chi connectivity index (χ0v) is 29.9. The van der Waals surface area contributed by atoms with Crippen LogP contribution >= 0.6 is 11.3 Å². The van der Waals surface area contributed by atoms with Gasteiger partial charge in [-0.05, 0) is 101 Å². The van der Waals surface area contributed by atoms with E-state index in [9.17, 15) is 0 Å². The van der Waals surface area contributed by atoms with Gasteiger partial charge in [-0.25, -0.2) is 0 Å². The van der Waals surface area contributed by atoms with Crippen LogP contribution in [0.3, 0.4) is 0 Å². The summed E-state index contributed by atoms with van der Waals surface area (Å²) in [7, 11) is 0. The fourth-order valence-corrected chi connectivity index (χ4v) is 10.0. The van der Waals surface area contributed by atoms with Crippen LogP contribution in [-0.2, 0) is 0 Å². The molecule has 0 spiro atoms. The first-order valence-electron chi connectivity index (χ1n) is 18.2. The molecular weight excluding hydrogens is 661 g/mol. The highest BCUT2D eigenvalue weighted by atomic mass is 32.1. The van der Waals surface area contributed by atoms with Gasteiger partial charge in [0.05, 0.1) is 12.5 Å². The Labute approximate surface area is 311 Å². The number of rotatable bonds is 4. The van der Waals surface area contributed by atoms with Crippen molar-refractivity contribution < 1.29 is 4.42 Å². The molecule has 11 rings (SSSR count). The van der Waals surface area contributed by atoms with Crippen molar-refractivity contribution in [2.45, 2.75) is 6.92 Å². The third-order valence-corrected chi connectivity index (χ3v) is 12.2. The highest BCUT2D eigenvalue weighted by molar-refractivity contribution is 7.26. The Bertz CT molecular complexity index is 3120. The maximum atomic E-state index is 5.72. The Hall–Kier alpha value is -6.48. The molecule has 248 valence electrons. The SMILES string of the molecule is Cc1cocc1-c1c2ccccc2c(-c2cccc3sc4cc(-c5c6ccccc6c(-c6ccccc6)c6ccccc56)ccc4c23)c2ccccc12. The molecule has 0 aliphatic rings. The van der Waals surface area contributed by atoms with E-state index in [0.717, 1.165) is 11.1 Å². The van der Waals surface area contributed by atoms with Crippen LogP contribution in [0.4, 0.5) is 0 Å². The van der Waals surface area contributed by atoms with Gasteiger partial charge in [0.1, 0.15) is 0 Å². The Balaban J connectivity index is 1.18. The van der Waals surface area contributed by atoms with Gasteiger partial charge in [0, 0.05) is 31.3 Å². The molecule has 9 aromatic carbocycles. The Kier molecular flexibility index (Phi) is 6.71. The molecule has 0 saturated heterocycles. The Morgan fingerprint density at radius 1 is 0.358 bits per heavy atom. The molecule has 0 amide bonds. The van der Waals surface area contributed by atoms with Crippen molar-refractivity contribution in [3.05, 3.63) is 182 Å². The van der Waals surface area contributed by atoms with E-state index in [4.69, 9.17) is 4.42 Å². The van der Waals surface area contributed by atoms with E-state index < -0.39 is 0 Å². The smallest absolute Gasteiger partial charge is 0.0984 e. The average molecular weight is 693 g/mol. The molecule has 1 nitrogen and oxygen atoms in total. The molecule has 0 saturated carbocycles. The minimum Gasteiger partial charge on any atom is -0.472 e. The van der Waals surface area contributed by atoms with E-state index in [1.165, 1.54) is 102 Å². The standard InChI is InChI=1S/C51H32OS/c1-31-29-52-30-44(31)50-40-22-11-9-20-38(40)49(39-21-10-12-23-41(39)50)43-24-13-25-45-51(43)42-27-26-33(28-46(42)53-45)48-36-18-7-5-16-34(36)47(32-14-3-2-4-15-32)35-17-6-8-19-37(35)48/h2-30H,1H3. The third kappa shape index (κ3) is 4.49. The van der Waals surface area contributed by atoms with Crippen molar-refractivity contribution in [3.8, 4) is 44.5 Å². The molecule has 2 heteroatoms. The largest absolute Gasteiger partial charge is 0.472 e. The normalized spacial score (nSPS) is 11.9. The maximum absolute atomic E-state index is 5.72. The van der Waals surface area contributed by atoms with Gasteiger partial charge >= 0.3 is 0 Å². The van der Waals surface area contributed by atoms with E-state index in [1.54, 1.807) is 0 Å². The number of hydrogen-bond donors (Lipinski definition) is 0. The predicted octanol–water partition coefficient (Wildman–Crippen LogP) is 15.2. The lowest BCUT2D eigenvalue weighted by Gasteiger charge is -2.18. The van der Waals surface area contributed by atoms with Gasteiger partial charge in [-0.1, -0.05) is 152 Å². The number of furan rings is 1. The summed E-state index contributed by atoms with van der Waals surface area (Å²) in [6, 6.07) is 60.4. The van der Waals surface area contributed by atoms with Gasteiger partial charge in [0.15, 0.2) is 0 Å². The van der Waals surface area contributed by atoms with Gasteiger partial charge in [0.25, 0.3) is 0 Å². The molecule has 0 fully saturated rings. The van der Waals surface area contributed by atoms with Gasteiger partial charge in [-0.15, -0.1) is 11.3 Å². The van der Waals surface area contributed by atoms with Gasteiger partial charge < -0.3 is 4.42 Å². The van der Waals surface area contributed by atoms with Crippen molar-refractivity contribution in [2.75, 3.05) is 0 Å². The summed E-state index contributed by atoms with van der Waals surface area (Å²) in [5, 5.41) is 12.7. The summed E-state index contributed by atoms with van der Waals surface area (Å²) in [4.78, 5) is 0. The molecule has 53 heavy (non-hydrogen) atoms. The van der Waals surface area contributed by atoms with E-state index in [2.05, 4.69) is 171 Å². The van der Waals surface area contributed by atoms with Crippen LogP contribution in [0.15, 0.2) is 181 Å². The predicted molar refractivity (Wildman–Crippen MR) is 228 cm³/mol. The number of fused-ring (bicyclic) bond motifs is 7. The zero-order valence-electron chi connectivity index (χ0n) is 29.1. The van der Waals surface area contributed by atoms with Crippen LogP contribution < -0.4 is 0 Å². The summed E-state index contributed by atoms with van der Waals surface area (Å²) in [5.41, 5.74) is 11.1. The lowest BCUT2D eigenvalue weighted by molar-refractivity contribution is 0.566. The second kappa shape index (κ2) is 11.8. The maximum Gasteiger partial charge on any atom is 0.0984 e. The summed E-state index contributed by atoms with van der Waals surface area (Å²) >= 11 is 1.89. The lowest BCUT2D eigenvalue weighted by Crippen LogP contribution is -1.91. The highest BCUT2D eigenvalue weighted by Crippen LogP contribution is 2.50. The van der Waals surface area contributed by atoms with E-state index in [1.807, 2.05) is 23.9 Å². The number of hydrogen-bond acceptors (Lipinski definition) is 2. The molecule has 0 aliphatic heterocycles. The zero-order chi connectivity index (χ0) is 35.0. The summed E-state index contributed by atoms with van der Waals surface area (Å²) in [6.07, 6.45) is 3.75. The van der Waals surface area contributed by atoms with E-state index >= 15 is 0 Å². The number of aryl methyl sites for hydroxylation is 1. The first-order chi connectivity index (χ1) is 26.2. The molecule has 0 radical (unpaired) electrons. The molecule has 0 aliphatic carbocycles. The monoisotopic (exact) mass is 692 g/mol. The Morgan fingerprint density at radius 2 is 0.849 bits per heavy atom. The van der Waals surface area contributed by atoms with E-state index in [0.29, 0.717) is 0 Å². The van der Waals surface area contributed by atoms with Gasteiger partial charge in [0.2, 0.25) is 0 Å². The average Bonchev–Trinajstić information content (AvgIpc) is 3.81. The fourth-order valence-electron chi connectivity index (χ4n) is 8.87. The van der Waals surface area contributed by atoms with Crippen LogP contribution in [0.2, 0.25) is 0 Å². The minimum absolute atomic E-state index is 1.14.